The van der Waals surface area contributed by atoms with E-state index in [1.807, 2.05) is 0 Å². The first-order valence-electron chi connectivity index (χ1n) is 7.55. The molecular formula is C17H27NO. The zero-order chi connectivity index (χ0) is 13.8. The summed E-state index contributed by atoms with van der Waals surface area (Å²) in [5.41, 5.74) is 2.95. The molecule has 0 radical (unpaired) electrons. The van der Waals surface area contributed by atoms with Crippen molar-refractivity contribution in [2.45, 2.75) is 58.5 Å². The Morgan fingerprint density at radius 2 is 2.11 bits per heavy atom. The summed E-state index contributed by atoms with van der Waals surface area (Å²) in [6.45, 7) is 6.91. The van der Waals surface area contributed by atoms with Gasteiger partial charge in [0.2, 0.25) is 0 Å². The summed E-state index contributed by atoms with van der Waals surface area (Å²) >= 11 is 0. The molecule has 1 aliphatic rings. The maximum Gasteiger partial charge on any atom is 0.119 e. The van der Waals surface area contributed by atoms with Crippen LogP contribution in [0.3, 0.4) is 0 Å². The van der Waals surface area contributed by atoms with E-state index in [-0.39, 0.29) is 0 Å². The van der Waals surface area contributed by atoms with Gasteiger partial charge in [-0.2, -0.15) is 0 Å². The molecule has 1 aliphatic carbocycles. The van der Waals surface area contributed by atoms with E-state index in [2.05, 4.69) is 44.3 Å². The lowest BCUT2D eigenvalue weighted by Gasteiger charge is -2.31. The summed E-state index contributed by atoms with van der Waals surface area (Å²) in [6.07, 6.45) is 4.81. The van der Waals surface area contributed by atoms with E-state index in [4.69, 9.17) is 4.74 Å². The minimum Gasteiger partial charge on any atom is -0.497 e. The van der Waals surface area contributed by atoms with Crippen molar-refractivity contribution in [2.24, 2.45) is 5.92 Å². The summed E-state index contributed by atoms with van der Waals surface area (Å²) in [7, 11) is 1.74. The summed E-state index contributed by atoms with van der Waals surface area (Å²) in [4.78, 5) is 0. The predicted octanol–water partition coefficient (Wildman–Crippen LogP) is 3.58. The van der Waals surface area contributed by atoms with Crippen molar-refractivity contribution >= 4 is 0 Å². The summed E-state index contributed by atoms with van der Waals surface area (Å²) in [5, 5.41) is 3.81. The number of fused-ring (bicyclic) bond motifs is 1. The van der Waals surface area contributed by atoms with Crippen LogP contribution in [0.1, 0.15) is 44.7 Å². The molecule has 106 valence electrons. The van der Waals surface area contributed by atoms with Crippen LogP contribution in [0, 0.1) is 5.92 Å². The molecule has 0 aromatic heterocycles. The fourth-order valence-corrected chi connectivity index (χ4v) is 2.89. The third kappa shape index (κ3) is 3.50. The topological polar surface area (TPSA) is 21.3 Å². The second-order valence-corrected chi connectivity index (χ2v) is 5.92. The van der Waals surface area contributed by atoms with E-state index in [9.17, 15) is 0 Å². The van der Waals surface area contributed by atoms with Crippen LogP contribution in [-0.2, 0) is 12.8 Å². The van der Waals surface area contributed by atoms with Crippen molar-refractivity contribution < 1.29 is 4.74 Å². The lowest BCUT2D eigenvalue weighted by Crippen LogP contribution is -2.43. The highest BCUT2D eigenvalue weighted by molar-refractivity contribution is 5.37. The molecule has 0 spiro atoms. The standard InChI is InChI=1S/C17H27NO/c1-5-12(2)13(3)18-16-8-6-14-7-9-17(19-4)11-15(14)10-16/h7,9,11-13,16,18H,5-6,8,10H2,1-4H3. The monoisotopic (exact) mass is 261 g/mol. The highest BCUT2D eigenvalue weighted by Gasteiger charge is 2.21. The molecular weight excluding hydrogens is 234 g/mol. The summed E-state index contributed by atoms with van der Waals surface area (Å²) in [6, 6.07) is 7.72. The van der Waals surface area contributed by atoms with Crippen LogP contribution in [0.4, 0.5) is 0 Å². The highest BCUT2D eigenvalue weighted by Crippen LogP contribution is 2.26. The highest BCUT2D eigenvalue weighted by atomic mass is 16.5. The molecule has 2 rings (SSSR count). The van der Waals surface area contributed by atoms with E-state index in [0.717, 1.165) is 18.1 Å². The number of methoxy groups -OCH3 is 1. The number of ether oxygens (including phenoxy) is 1. The lowest BCUT2D eigenvalue weighted by molar-refractivity contribution is 0.329. The minimum atomic E-state index is 0.599. The van der Waals surface area contributed by atoms with Crippen LogP contribution < -0.4 is 10.1 Å². The average molecular weight is 261 g/mol. The quantitative estimate of drug-likeness (QED) is 0.875. The van der Waals surface area contributed by atoms with Gasteiger partial charge in [0.05, 0.1) is 7.11 Å². The van der Waals surface area contributed by atoms with Crippen molar-refractivity contribution in [2.75, 3.05) is 7.11 Å². The Morgan fingerprint density at radius 1 is 1.32 bits per heavy atom. The Kier molecular flexibility index (Phi) is 4.87. The van der Waals surface area contributed by atoms with Gasteiger partial charge in [-0.15, -0.1) is 0 Å². The molecule has 3 atom stereocenters. The molecule has 2 heteroatoms. The molecule has 1 aromatic carbocycles. The van der Waals surface area contributed by atoms with Gasteiger partial charge < -0.3 is 10.1 Å². The van der Waals surface area contributed by atoms with Gasteiger partial charge in [-0.1, -0.05) is 26.3 Å². The van der Waals surface area contributed by atoms with E-state index in [1.54, 1.807) is 7.11 Å². The van der Waals surface area contributed by atoms with Crippen molar-refractivity contribution in [3.8, 4) is 5.75 Å². The van der Waals surface area contributed by atoms with E-state index >= 15 is 0 Å². The first-order chi connectivity index (χ1) is 9.13. The molecule has 0 fully saturated rings. The third-order valence-corrected chi connectivity index (χ3v) is 4.64. The number of aryl methyl sites for hydroxylation is 1. The van der Waals surface area contributed by atoms with Crippen LogP contribution in [0.25, 0.3) is 0 Å². The van der Waals surface area contributed by atoms with Crippen LogP contribution in [0.15, 0.2) is 18.2 Å². The summed E-state index contributed by atoms with van der Waals surface area (Å²) in [5.74, 6) is 1.72. The number of nitrogens with one attached hydrogen (secondary N) is 1. The molecule has 2 nitrogen and oxygen atoms in total. The SMILES string of the molecule is CCC(C)C(C)NC1CCc2ccc(OC)cc2C1. The molecule has 0 aliphatic heterocycles. The van der Waals surface area contributed by atoms with Gasteiger partial charge >= 0.3 is 0 Å². The molecule has 1 aromatic rings. The van der Waals surface area contributed by atoms with Crippen molar-refractivity contribution in [1.29, 1.82) is 0 Å². The number of rotatable bonds is 5. The fourth-order valence-electron chi connectivity index (χ4n) is 2.89. The average Bonchev–Trinajstić information content (AvgIpc) is 2.45. The Hall–Kier alpha value is -1.02. The Labute approximate surface area is 117 Å². The Morgan fingerprint density at radius 3 is 2.79 bits per heavy atom. The Balaban J connectivity index is 2.00. The second kappa shape index (κ2) is 6.42. The van der Waals surface area contributed by atoms with Crippen LogP contribution in [-0.4, -0.2) is 19.2 Å². The third-order valence-electron chi connectivity index (χ3n) is 4.64. The second-order valence-electron chi connectivity index (χ2n) is 5.92. The fraction of sp³-hybridized carbons (Fsp3) is 0.647. The van der Waals surface area contributed by atoms with E-state index in [0.29, 0.717) is 12.1 Å². The van der Waals surface area contributed by atoms with Crippen LogP contribution >= 0.6 is 0 Å². The lowest BCUT2D eigenvalue weighted by atomic mass is 9.87. The molecule has 1 N–H and O–H groups in total. The predicted molar refractivity (Wildman–Crippen MR) is 80.9 cm³/mol. The molecule has 19 heavy (non-hydrogen) atoms. The van der Waals surface area contributed by atoms with Gasteiger partial charge in [-0.3, -0.25) is 0 Å². The number of benzene rings is 1. The van der Waals surface area contributed by atoms with Gasteiger partial charge in [-0.05, 0) is 55.4 Å². The van der Waals surface area contributed by atoms with E-state index < -0.39 is 0 Å². The number of hydrogen-bond acceptors (Lipinski definition) is 2. The zero-order valence-electron chi connectivity index (χ0n) is 12.7. The first kappa shape index (κ1) is 14.4. The van der Waals surface area contributed by atoms with Gasteiger partial charge in [0.25, 0.3) is 0 Å². The normalized spacial score (nSPS) is 21.6. The Bertz CT molecular complexity index is 416. The van der Waals surface area contributed by atoms with Crippen molar-refractivity contribution in [3.63, 3.8) is 0 Å². The molecule has 0 saturated carbocycles. The van der Waals surface area contributed by atoms with Crippen LogP contribution in [0.2, 0.25) is 0 Å². The largest absolute Gasteiger partial charge is 0.497 e. The van der Waals surface area contributed by atoms with Crippen LogP contribution in [0.5, 0.6) is 5.75 Å². The van der Waals surface area contributed by atoms with Gasteiger partial charge in [0, 0.05) is 12.1 Å². The summed E-state index contributed by atoms with van der Waals surface area (Å²) < 4.78 is 5.33. The zero-order valence-corrected chi connectivity index (χ0v) is 12.7. The smallest absolute Gasteiger partial charge is 0.119 e. The number of hydrogen-bond donors (Lipinski definition) is 1. The molecule has 3 unspecified atom stereocenters. The van der Waals surface area contributed by atoms with Crippen molar-refractivity contribution in [3.05, 3.63) is 29.3 Å². The maximum atomic E-state index is 5.33. The van der Waals surface area contributed by atoms with Gasteiger partial charge in [0.1, 0.15) is 5.75 Å². The van der Waals surface area contributed by atoms with Crippen molar-refractivity contribution in [1.82, 2.24) is 5.32 Å². The minimum absolute atomic E-state index is 0.599. The van der Waals surface area contributed by atoms with Gasteiger partial charge in [0.15, 0.2) is 0 Å². The van der Waals surface area contributed by atoms with Gasteiger partial charge in [-0.25, -0.2) is 0 Å². The first-order valence-corrected chi connectivity index (χ1v) is 7.55. The molecule has 0 amide bonds. The molecule has 0 saturated heterocycles. The maximum absolute atomic E-state index is 5.33. The van der Waals surface area contributed by atoms with E-state index in [1.165, 1.54) is 30.4 Å². The molecule has 0 heterocycles. The molecule has 0 bridgehead atoms.